The van der Waals surface area contributed by atoms with E-state index in [1.165, 1.54) is 12.3 Å². The zero-order valence-corrected chi connectivity index (χ0v) is 11.3. The van der Waals surface area contributed by atoms with E-state index in [1.54, 1.807) is 11.9 Å². The third kappa shape index (κ3) is 2.84. The Kier molecular flexibility index (Phi) is 3.99. The summed E-state index contributed by atoms with van der Waals surface area (Å²) in [5.41, 5.74) is 5.36. The fourth-order valence-electron chi connectivity index (χ4n) is 2.44. The quantitative estimate of drug-likeness (QED) is 0.885. The molecule has 1 aliphatic rings. The summed E-state index contributed by atoms with van der Waals surface area (Å²) >= 11 is 0. The summed E-state index contributed by atoms with van der Waals surface area (Å²) in [6, 6.07) is 1.71. The second-order valence-corrected chi connectivity index (χ2v) is 5.02. The number of amides is 1. The van der Waals surface area contributed by atoms with Gasteiger partial charge >= 0.3 is 0 Å². The van der Waals surface area contributed by atoms with Crippen molar-refractivity contribution in [1.29, 1.82) is 0 Å². The minimum Gasteiger partial charge on any atom is -0.381 e. The molecule has 19 heavy (non-hydrogen) atoms. The number of carbonyl (C=O) groups is 1. The molecular weight excluding hydrogens is 247 g/mol. The number of anilines is 1. The third-order valence-corrected chi connectivity index (χ3v) is 3.65. The highest BCUT2D eigenvalue weighted by molar-refractivity contribution is 5.95. The van der Waals surface area contributed by atoms with Crippen molar-refractivity contribution < 1.29 is 9.18 Å². The SMILES string of the molecule is CN(CC1CCCN1C)C(=O)c1ccnc(N)c1F. The second kappa shape index (κ2) is 5.52. The van der Waals surface area contributed by atoms with Crippen LogP contribution in [0.4, 0.5) is 10.2 Å². The standard InChI is InChI=1S/C13H19FN4O/c1-17-7-3-4-9(17)8-18(2)13(19)10-5-6-16-12(15)11(10)14/h5-6,9H,3-4,7-8H2,1-2H3,(H2,15,16). The van der Waals surface area contributed by atoms with Crippen molar-refractivity contribution in [3.05, 3.63) is 23.6 Å². The monoisotopic (exact) mass is 266 g/mol. The van der Waals surface area contributed by atoms with Gasteiger partial charge in [-0.25, -0.2) is 9.37 Å². The first-order valence-electron chi connectivity index (χ1n) is 6.36. The lowest BCUT2D eigenvalue weighted by Gasteiger charge is -2.26. The fourth-order valence-corrected chi connectivity index (χ4v) is 2.44. The van der Waals surface area contributed by atoms with Crippen LogP contribution in [-0.2, 0) is 0 Å². The number of carbonyl (C=O) groups excluding carboxylic acids is 1. The molecule has 0 bridgehead atoms. The van der Waals surface area contributed by atoms with Crippen LogP contribution < -0.4 is 5.73 Å². The van der Waals surface area contributed by atoms with Crippen LogP contribution in [0.25, 0.3) is 0 Å². The molecule has 1 saturated heterocycles. The largest absolute Gasteiger partial charge is 0.381 e. The molecule has 5 nitrogen and oxygen atoms in total. The topological polar surface area (TPSA) is 62.5 Å². The lowest BCUT2D eigenvalue weighted by atomic mass is 10.1. The molecule has 0 spiro atoms. The summed E-state index contributed by atoms with van der Waals surface area (Å²) in [5.74, 6) is -1.33. The summed E-state index contributed by atoms with van der Waals surface area (Å²) < 4.78 is 13.8. The Labute approximate surface area is 112 Å². The van der Waals surface area contributed by atoms with E-state index in [4.69, 9.17) is 5.73 Å². The van der Waals surface area contributed by atoms with Gasteiger partial charge in [0.2, 0.25) is 0 Å². The van der Waals surface area contributed by atoms with E-state index >= 15 is 0 Å². The van der Waals surface area contributed by atoms with Crippen LogP contribution >= 0.6 is 0 Å². The van der Waals surface area contributed by atoms with E-state index in [0.717, 1.165) is 19.4 Å². The lowest BCUT2D eigenvalue weighted by molar-refractivity contribution is 0.0757. The Balaban J connectivity index is 2.08. The predicted octanol–water partition coefficient (Wildman–Crippen LogP) is 0.969. The molecular formula is C13H19FN4O. The summed E-state index contributed by atoms with van der Waals surface area (Å²) in [6.07, 6.45) is 3.55. The van der Waals surface area contributed by atoms with Crippen LogP contribution in [0.15, 0.2) is 12.3 Å². The van der Waals surface area contributed by atoms with E-state index in [0.29, 0.717) is 12.6 Å². The van der Waals surface area contributed by atoms with E-state index < -0.39 is 5.82 Å². The maximum absolute atomic E-state index is 13.8. The molecule has 6 heteroatoms. The number of nitrogens with zero attached hydrogens (tertiary/aromatic N) is 3. The molecule has 0 aliphatic carbocycles. The first-order chi connectivity index (χ1) is 9.00. The van der Waals surface area contributed by atoms with Crippen molar-refractivity contribution in [3.63, 3.8) is 0 Å². The first-order valence-corrected chi connectivity index (χ1v) is 6.36. The van der Waals surface area contributed by atoms with Gasteiger partial charge in [0.15, 0.2) is 11.6 Å². The van der Waals surface area contributed by atoms with Crippen LogP contribution in [-0.4, -0.2) is 53.9 Å². The molecule has 0 aromatic carbocycles. The molecule has 1 aromatic rings. The minimum atomic E-state index is -0.737. The number of likely N-dealkylation sites (tertiary alicyclic amines) is 1. The van der Waals surface area contributed by atoms with Crippen molar-refractivity contribution in [1.82, 2.24) is 14.8 Å². The summed E-state index contributed by atoms with van der Waals surface area (Å²) in [6.45, 7) is 1.64. The highest BCUT2D eigenvalue weighted by Crippen LogP contribution is 2.18. The number of aromatic nitrogens is 1. The fraction of sp³-hybridized carbons (Fsp3) is 0.538. The Morgan fingerprint density at radius 1 is 1.68 bits per heavy atom. The number of likely N-dealkylation sites (N-methyl/N-ethyl adjacent to an activating group) is 2. The van der Waals surface area contributed by atoms with Gasteiger partial charge in [-0.05, 0) is 32.5 Å². The second-order valence-electron chi connectivity index (χ2n) is 5.02. The average molecular weight is 266 g/mol. The number of rotatable bonds is 3. The molecule has 1 aliphatic heterocycles. The Morgan fingerprint density at radius 2 is 2.42 bits per heavy atom. The average Bonchev–Trinajstić information content (AvgIpc) is 2.77. The van der Waals surface area contributed by atoms with Crippen LogP contribution in [0.5, 0.6) is 0 Å². The smallest absolute Gasteiger partial charge is 0.256 e. The number of hydrogen-bond acceptors (Lipinski definition) is 4. The molecule has 1 unspecified atom stereocenters. The van der Waals surface area contributed by atoms with Crippen molar-refractivity contribution in [3.8, 4) is 0 Å². The molecule has 2 N–H and O–H groups in total. The zero-order chi connectivity index (χ0) is 14.0. The summed E-state index contributed by atoms with van der Waals surface area (Å²) in [4.78, 5) is 19.6. The number of hydrogen-bond donors (Lipinski definition) is 1. The van der Waals surface area contributed by atoms with Crippen molar-refractivity contribution >= 4 is 11.7 Å². The summed E-state index contributed by atoms with van der Waals surface area (Å²) in [7, 11) is 3.73. The Morgan fingerprint density at radius 3 is 3.05 bits per heavy atom. The van der Waals surface area contributed by atoms with Crippen LogP contribution in [0.1, 0.15) is 23.2 Å². The molecule has 1 amide bonds. The molecule has 0 radical (unpaired) electrons. The Hall–Kier alpha value is -1.69. The van der Waals surface area contributed by atoms with Gasteiger partial charge in [-0.15, -0.1) is 0 Å². The van der Waals surface area contributed by atoms with Crippen molar-refractivity contribution in [2.75, 3.05) is 32.9 Å². The number of nitrogen functional groups attached to an aromatic ring is 1. The van der Waals surface area contributed by atoms with Crippen LogP contribution in [0.3, 0.4) is 0 Å². The van der Waals surface area contributed by atoms with E-state index in [1.807, 2.05) is 7.05 Å². The Bertz CT molecular complexity index is 480. The minimum absolute atomic E-state index is 0.0179. The van der Waals surface area contributed by atoms with Gasteiger partial charge in [0.1, 0.15) is 0 Å². The molecule has 104 valence electrons. The number of halogens is 1. The molecule has 1 aromatic heterocycles. The van der Waals surface area contributed by atoms with Gasteiger partial charge in [-0.1, -0.05) is 0 Å². The van der Waals surface area contributed by atoms with E-state index in [9.17, 15) is 9.18 Å². The lowest BCUT2D eigenvalue weighted by Crippen LogP contribution is -2.39. The number of pyridine rings is 1. The highest BCUT2D eigenvalue weighted by atomic mass is 19.1. The van der Waals surface area contributed by atoms with E-state index in [-0.39, 0.29) is 17.3 Å². The maximum Gasteiger partial charge on any atom is 0.256 e. The molecule has 1 fully saturated rings. The zero-order valence-electron chi connectivity index (χ0n) is 11.3. The van der Waals surface area contributed by atoms with Gasteiger partial charge in [-0.3, -0.25) is 4.79 Å². The van der Waals surface area contributed by atoms with Gasteiger partial charge in [0.25, 0.3) is 5.91 Å². The van der Waals surface area contributed by atoms with Gasteiger partial charge < -0.3 is 15.5 Å². The molecule has 2 rings (SSSR count). The van der Waals surface area contributed by atoms with Crippen LogP contribution in [0.2, 0.25) is 0 Å². The first kappa shape index (κ1) is 13.7. The van der Waals surface area contributed by atoms with E-state index in [2.05, 4.69) is 9.88 Å². The normalized spacial score (nSPS) is 19.6. The molecule has 1 atom stereocenters. The van der Waals surface area contributed by atoms with Crippen molar-refractivity contribution in [2.24, 2.45) is 0 Å². The maximum atomic E-state index is 13.8. The van der Waals surface area contributed by atoms with Crippen molar-refractivity contribution in [2.45, 2.75) is 18.9 Å². The van der Waals surface area contributed by atoms with Crippen LogP contribution in [0, 0.1) is 5.82 Å². The third-order valence-electron chi connectivity index (χ3n) is 3.65. The highest BCUT2D eigenvalue weighted by Gasteiger charge is 2.25. The predicted molar refractivity (Wildman–Crippen MR) is 71.2 cm³/mol. The van der Waals surface area contributed by atoms with Gasteiger partial charge in [0.05, 0.1) is 5.56 Å². The number of nitrogens with two attached hydrogens (primary N) is 1. The van der Waals surface area contributed by atoms with Gasteiger partial charge in [-0.2, -0.15) is 0 Å². The molecule has 2 heterocycles. The van der Waals surface area contributed by atoms with Gasteiger partial charge in [0, 0.05) is 25.8 Å². The molecule has 0 saturated carbocycles. The summed E-state index contributed by atoms with van der Waals surface area (Å²) in [5, 5.41) is 0.